The lowest BCUT2D eigenvalue weighted by Crippen LogP contribution is -2.00. The van der Waals surface area contributed by atoms with Crippen LogP contribution < -0.4 is 10.5 Å². The summed E-state index contributed by atoms with van der Waals surface area (Å²) in [6.45, 7) is 4.31. The number of ether oxygens (including phenoxy) is 1. The molecule has 19 heavy (non-hydrogen) atoms. The van der Waals surface area contributed by atoms with E-state index in [9.17, 15) is 0 Å². The fraction of sp³-hybridized carbons (Fsp3) is 0.333. The van der Waals surface area contributed by atoms with Crippen LogP contribution in [0, 0.1) is 0 Å². The highest BCUT2D eigenvalue weighted by molar-refractivity contribution is 5.40. The van der Waals surface area contributed by atoms with Crippen molar-refractivity contribution in [2.24, 2.45) is 0 Å². The first-order valence-electron chi connectivity index (χ1n) is 6.33. The number of methoxy groups -OCH3 is 1. The Labute approximate surface area is 113 Å². The molecule has 2 aromatic rings. The first-order chi connectivity index (χ1) is 9.10. The van der Waals surface area contributed by atoms with Crippen molar-refractivity contribution >= 4 is 5.69 Å². The minimum atomic E-state index is 0.419. The Morgan fingerprint density at radius 2 is 1.89 bits per heavy atom. The van der Waals surface area contributed by atoms with Crippen LogP contribution in [0.2, 0.25) is 0 Å². The van der Waals surface area contributed by atoms with E-state index < -0.39 is 0 Å². The molecule has 1 aromatic carbocycles. The largest absolute Gasteiger partial charge is 0.496 e. The first kappa shape index (κ1) is 13.3. The molecule has 100 valence electrons. The highest BCUT2D eigenvalue weighted by atomic mass is 16.5. The van der Waals surface area contributed by atoms with E-state index in [1.807, 2.05) is 12.1 Å². The zero-order valence-corrected chi connectivity index (χ0v) is 11.6. The summed E-state index contributed by atoms with van der Waals surface area (Å²) in [7, 11) is 1.70. The molecule has 0 radical (unpaired) electrons. The van der Waals surface area contributed by atoms with Crippen molar-refractivity contribution in [3.63, 3.8) is 0 Å². The Kier molecular flexibility index (Phi) is 4.00. The van der Waals surface area contributed by atoms with Crippen molar-refractivity contribution in [3.8, 4) is 5.75 Å². The Balaban J connectivity index is 2.25. The van der Waals surface area contributed by atoms with Crippen molar-refractivity contribution in [3.05, 3.63) is 47.5 Å². The van der Waals surface area contributed by atoms with Crippen LogP contribution in [0.5, 0.6) is 5.75 Å². The van der Waals surface area contributed by atoms with Crippen LogP contribution in [0.3, 0.4) is 0 Å². The fourth-order valence-corrected chi connectivity index (χ4v) is 1.98. The van der Waals surface area contributed by atoms with E-state index in [2.05, 4.69) is 29.9 Å². The Morgan fingerprint density at radius 1 is 1.21 bits per heavy atom. The molecule has 0 amide bonds. The van der Waals surface area contributed by atoms with Gasteiger partial charge in [0.15, 0.2) is 0 Å². The van der Waals surface area contributed by atoms with E-state index in [1.54, 1.807) is 19.5 Å². The molecule has 0 unspecified atom stereocenters. The van der Waals surface area contributed by atoms with E-state index in [4.69, 9.17) is 10.5 Å². The van der Waals surface area contributed by atoms with E-state index in [0.717, 1.165) is 11.6 Å². The molecule has 0 aliphatic carbocycles. The molecule has 2 N–H and O–H groups in total. The lowest BCUT2D eigenvalue weighted by molar-refractivity contribution is 0.407. The summed E-state index contributed by atoms with van der Waals surface area (Å²) < 4.78 is 5.38. The number of hydrogen-bond acceptors (Lipinski definition) is 4. The average molecular weight is 257 g/mol. The van der Waals surface area contributed by atoms with Gasteiger partial charge in [-0.25, -0.2) is 9.97 Å². The van der Waals surface area contributed by atoms with Gasteiger partial charge in [-0.1, -0.05) is 26.0 Å². The van der Waals surface area contributed by atoms with Crippen LogP contribution in [0.4, 0.5) is 5.69 Å². The summed E-state index contributed by atoms with van der Waals surface area (Å²) in [5, 5.41) is 0. The number of nitrogens with two attached hydrogens (primary N) is 1. The molecule has 0 saturated heterocycles. The molecule has 0 bridgehead atoms. The predicted molar refractivity (Wildman–Crippen MR) is 76.3 cm³/mol. The van der Waals surface area contributed by atoms with Crippen LogP contribution in [-0.4, -0.2) is 17.1 Å². The van der Waals surface area contributed by atoms with Crippen LogP contribution in [0.1, 0.15) is 36.7 Å². The second-order valence-corrected chi connectivity index (χ2v) is 4.84. The van der Waals surface area contributed by atoms with E-state index >= 15 is 0 Å². The highest BCUT2D eigenvalue weighted by Crippen LogP contribution is 2.27. The third kappa shape index (κ3) is 3.22. The molecule has 1 aromatic heterocycles. The molecule has 0 saturated carbocycles. The van der Waals surface area contributed by atoms with E-state index in [0.29, 0.717) is 18.0 Å². The van der Waals surface area contributed by atoms with E-state index in [1.165, 1.54) is 11.1 Å². The number of anilines is 1. The molecular formula is C15H19N3O. The van der Waals surface area contributed by atoms with Gasteiger partial charge in [-0.15, -0.1) is 0 Å². The van der Waals surface area contributed by atoms with E-state index in [-0.39, 0.29) is 0 Å². The summed E-state index contributed by atoms with van der Waals surface area (Å²) >= 11 is 0. The van der Waals surface area contributed by atoms with Crippen LogP contribution >= 0.6 is 0 Å². The molecule has 2 rings (SSSR count). The summed E-state index contributed by atoms with van der Waals surface area (Å²) in [6.07, 6.45) is 3.97. The van der Waals surface area contributed by atoms with Crippen LogP contribution in [0.15, 0.2) is 30.6 Å². The van der Waals surface area contributed by atoms with Crippen LogP contribution in [0.25, 0.3) is 0 Å². The van der Waals surface area contributed by atoms with Gasteiger partial charge in [0.2, 0.25) is 0 Å². The first-order valence-corrected chi connectivity index (χ1v) is 6.33. The number of nitrogens with zero attached hydrogens (tertiary/aromatic N) is 2. The topological polar surface area (TPSA) is 61.0 Å². The lowest BCUT2D eigenvalue weighted by Gasteiger charge is -2.13. The molecule has 0 atom stereocenters. The van der Waals surface area contributed by atoms with Gasteiger partial charge in [-0.3, -0.25) is 0 Å². The van der Waals surface area contributed by atoms with Gasteiger partial charge in [-0.05, 0) is 23.1 Å². The summed E-state index contributed by atoms with van der Waals surface area (Å²) in [5.41, 5.74) is 8.54. The average Bonchev–Trinajstić information content (AvgIpc) is 2.41. The predicted octanol–water partition coefficient (Wildman–Crippen LogP) is 2.78. The molecule has 0 aliphatic rings. The summed E-state index contributed by atoms with van der Waals surface area (Å²) in [4.78, 5) is 8.45. The summed E-state index contributed by atoms with van der Waals surface area (Å²) in [6, 6.07) is 6.20. The van der Waals surface area contributed by atoms with Crippen molar-refractivity contribution in [2.75, 3.05) is 12.8 Å². The molecule has 1 heterocycles. The normalized spacial score (nSPS) is 10.7. The number of benzene rings is 1. The maximum absolute atomic E-state index is 5.58. The number of rotatable bonds is 4. The molecule has 4 heteroatoms. The maximum Gasteiger partial charge on any atom is 0.132 e. The second-order valence-electron chi connectivity index (χ2n) is 4.84. The highest BCUT2D eigenvalue weighted by Gasteiger charge is 2.09. The van der Waals surface area contributed by atoms with Crippen molar-refractivity contribution in [1.29, 1.82) is 0 Å². The minimum absolute atomic E-state index is 0.419. The molecule has 0 aliphatic heterocycles. The minimum Gasteiger partial charge on any atom is -0.496 e. The maximum atomic E-state index is 5.58. The second kappa shape index (κ2) is 5.69. The lowest BCUT2D eigenvalue weighted by atomic mass is 9.98. The fourth-order valence-electron chi connectivity index (χ4n) is 1.98. The van der Waals surface area contributed by atoms with Crippen molar-refractivity contribution in [2.45, 2.75) is 26.2 Å². The third-order valence-corrected chi connectivity index (χ3v) is 3.00. The zero-order valence-electron chi connectivity index (χ0n) is 11.6. The Bertz CT molecular complexity index is 550. The van der Waals surface area contributed by atoms with Gasteiger partial charge >= 0.3 is 0 Å². The smallest absolute Gasteiger partial charge is 0.132 e. The Morgan fingerprint density at radius 3 is 2.47 bits per heavy atom. The van der Waals surface area contributed by atoms with Gasteiger partial charge in [0.25, 0.3) is 0 Å². The van der Waals surface area contributed by atoms with Gasteiger partial charge < -0.3 is 10.5 Å². The number of hydrogen-bond donors (Lipinski definition) is 1. The molecular weight excluding hydrogens is 238 g/mol. The quantitative estimate of drug-likeness (QED) is 0.915. The SMILES string of the molecule is COc1ccc(Cc2ncc(N)cn2)cc1C(C)C. The van der Waals surface area contributed by atoms with Gasteiger partial charge in [-0.2, -0.15) is 0 Å². The molecule has 0 spiro atoms. The number of aromatic nitrogens is 2. The zero-order chi connectivity index (χ0) is 13.8. The van der Waals surface area contributed by atoms with Crippen molar-refractivity contribution < 1.29 is 4.74 Å². The molecule has 0 fully saturated rings. The number of nitrogen functional groups attached to an aromatic ring is 1. The Hall–Kier alpha value is -2.10. The standard InChI is InChI=1S/C15H19N3O/c1-10(2)13-6-11(4-5-14(13)19-3)7-15-17-8-12(16)9-18-15/h4-6,8-10H,7,16H2,1-3H3. The third-order valence-electron chi connectivity index (χ3n) is 3.00. The van der Waals surface area contributed by atoms with Gasteiger partial charge in [0.1, 0.15) is 11.6 Å². The summed E-state index contributed by atoms with van der Waals surface area (Å²) in [5.74, 6) is 2.12. The van der Waals surface area contributed by atoms with Crippen molar-refractivity contribution in [1.82, 2.24) is 9.97 Å². The molecule has 4 nitrogen and oxygen atoms in total. The van der Waals surface area contributed by atoms with Gasteiger partial charge in [0, 0.05) is 6.42 Å². The van der Waals surface area contributed by atoms with Gasteiger partial charge in [0.05, 0.1) is 25.2 Å². The monoisotopic (exact) mass is 257 g/mol. The van der Waals surface area contributed by atoms with Crippen LogP contribution in [-0.2, 0) is 6.42 Å².